The molecule has 3 rings (SSSR count). The Hall–Kier alpha value is -2.82. The second kappa shape index (κ2) is 9.99. The predicted molar refractivity (Wildman–Crippen MR) is 125 cm³/mol. The third kappa shape index (κ3) is 6.33. The molecular formula is C26H28ClNO3. The lowest BCUT2D eigenvalue weighted by molar-refractivity contribution is -0.153. The van der Waals surface area contributed by atoms with E-state index in [9.17, 15) is 4.79 Å². The van der Waals surface area contributed by atoms with Gasteiger partial charge in [-0.05, 0) is 49.6 Å². The van der Waals surface area contributed by atoms with Gasteiger partial charge in [-0.15, -0.1) is 0 Å². The molecule has 0 bridgehead atoms. The molecule has 0 fully saturated rings. The topological polar surface area (TPSA) is 61.5 Å². The highest BCUT2D eigenvalue weighted by Gasteiger charge is 2.18. The highest BCUT2D eigenvalue weighted by molar-refractivity contribution is 6.34. The number of para-hydroxylation sites is 1. The van der Waals surface area contributed by atoms with Crippen molar-refractivity contribution in [2.75, 3.05) is 0 Å². The molecule has 0 saturated heterocycles. The Morgan fingerprint density at radius 3 is 2.42 bits per heavy atom. The van der Waals surface area contributed by atoms with Crippen molar-refractivity contribution < 1.29 is 14.3 Å². The number of nitrogens with two attached hydrogens (primary N) is 1. The van der Waals surface area contributed by atoms with Crippen LogP contribution in [-0.4, -0.2) is 11.6 Å². The second-order valence-electron chi connectivity index (χ2n) is 8.34. The van der Waals surface area contributed by atoms with Crippen molar-refractivity contribution >= 4 is 17.6 Å². The van der Waals surface area contributed by atoms with E-state index in [2.05, 4.69) is 6.07 Å². The number of carbonyl (C=O) groups is 1. The van der Waals surface area contributed by atoms with Crippen molar-refractivity contribution in [2.45, 2.75) is 45.9 Å². The van der Waals surface area contributed by atoms with Crippen LogP contribution in [0.3, 0.4) is 0 Å². The van der Waals surface area contributed by atoms with E-state index in [1.165, 1.54) is 0 Å². The smallest absolute Gasteiger partial charge is 0.310 e. The van der Waals surface area contributed by atoms with Crippen LogP contribution in [0.1, 0.15) is 37.5 Å². The zero-order valence-corrected chi connectivity index (χ0v) is 18.9. The van der Waals surface area contributed by atoms with Gasteiger partial charge < -0.3 is 15.2 Å². The molecule has 0 radical (unpaired) electrons. The monoisotopic (exact) mass is 437 g/mol. The van der Waals surface area contributed by atoms with E-state index < -0.39 is 5.60 Å². The lowest BCUT2D eigenvalue weighted by Crippen LogP contribution is -2.25. The van der Waals surface area contributed by atoms with Crippen LogP contribution in [0.15, 0.2) is 66.7 Å². The number of halogens is 1. The Balaban J connectivity index is 1.75. The quantitative estimate of drug-likeness (QED) is 0.465. The maximum absolute atomic E-state index is 12.2. The molecule has 31 heavy (non-hydrogen) atoms. The highest BCUT2D eigenvalue weighted by Crippen LogP contribution is 2.31. The third-order valence-electron chi connectivity index (χ3n) is 4.66. The van der Waals surface area contributed by atoms with Crippen LogP contribution in [0.25, 0.3) is 11.1 Å². The fourth-order valence-corrected chi connectivity index (χ4v) is 3.59. The first-order valence-electron chi connectivity index (χ1n) is 10.3. The van der Waals surface area contributed by atoms with Crippen LogP contribution < -0.4 is 10.5 Å². The van der Waals surface area contributed by atoms with E-state index in [-0.39, 0.29) is 12.4 Å². The summed E-state index contributed by atoms with van der Waals surface area (Å²) in [6.45, 7) is 6.33. The molecular weight excluding hydrogens is 410 g/mol. The zero-order valence-electron chi connectivity index (χ0n) is 18.2. The Bertz CT molecular complexity index is 1060. The van der Waals surface area contributed by atoms with Gasteiger partial charge >= 0.3 is 5.97 Å². The van der Waals surface area contributed by atoms with E-state index in [4.69, 9.17) is 26.8 Å². The summed E-state index contributed by atoms with van der Waals surface area (Å²) in [5.74, 6) is 0.391. The van der Waals surface area contributed by atoms with Gasteiger partial charge in [0.25, 0.3) is 0 Å². The lowest BCUT2D eigenvalue weighted by Gasteiger charge is -2.20. The maximum Gasteiger partial charge on any atom is 0.310 e. The minimum absolute atomic E-state index is 0.162. The fraction of sp³-hybridized carbons (Fsp3) is 0.269. The van der Waals surface area contributed by atoms with Gasteiger partial charge in [-0.3, -0.25) is 4.79 Å². The van der Waals surface area contributed by atoms with E-state index in [0.717, 1.165) is 27.8 Å². The van der Waals surface area contributed by atoms with Crippen molar-refractivity contribution in [3.05, 3.63) is 88.4 Å². The Kier molecular flexibility index (Phi) is 7.37. The summed E-state index contributed by atoms with van der Waals surface area (Å²) in [6.07, 6.45) is 0.162. The molecule has 0 spiro atoms. The summed E-state index contributed by atoms with van der Waals surface area (Å²) in [7, 11) is 0. The second-order valence-corrected chi connectivity index (χ2v) is 8.72. The minimum atomic E-state index is -0.518. The van der Waals surface area contributed by atoms with Gasteiger partial charge in [0, 0.05) is 17.7 Å². The first kappa shape index (κ1) is 22.9. The predicted octanol–water partition coefficient (Wildman–Crippen LogP) is 5.93. The Labute approximate surface area is 188 Å². The molecule has 4 nitrogen and oxygen atoms in total. The molecule has 0 aromatic heterocycles. The van der Waals surface area contributed by atoms with Gasteiger partial charge in [0.2, 0.25) is 0 Å². The molecule has 162 valence electrons. The first-order chi connectivity index (χ1) is 14.8. The van der Waals surface area contributed by atoms with Crippen LogP contribution in [0.4, 0.5) is 0 Å². The molecule has 0 atom stereocenters. The molecule has 3 aromatic carbocycles. The van der Waals surface area contributed by atoms with Gasteiger partial charge in [-0.2, -0.15) is 0 Å². The number of rotatable bonds is 7. The van der Waals surface area contributed by atoms with Gasteiger partial charge in [0.1, 0.15) is 18.0 Å². The molecule has 0 saturated carbocycles. The van der Waals surface area contributed by atoms with Crippen LogP contribution >= 0.6 is 11.6 Å². The van der Waals surface area contributed by atoms with Crippen LogP contribution in [0.2, 0.25) is 5.02 Å². The average Bonchev–Trinajstić information content (AvgIpc) is 2.72. The van der Waals surface area contributed by atoms with Crippen molar-refractivity contribution in [1.29, 1.82) is 0 Å². The van der Waals surface area contributed by atoms with Gasteiger partial charge in [-0.1, -0.05) is 66.2 Å². The molecule has 3 aromatic rings. The Morgan fingerprint density at radius 2 is 1.68 bits per heavy atom. The van der Waals surface area contributed by atoms with Crippen molar-refractivity contribution in [3.8, 4) is 16.9 Å². The summed E-state index contributed by atoms with van der Waals surface area (Å²) < 4.78 is 11.5. The molecule has 0 heterocycles. The molecule has 0 aliphatic heterocycles. The summed E-state index contributed by atoms with van der Waals surface area (Å²) in [6, 6.07) is 21.4. The molecule has 2 N–H and O–H groups in total. The number of carbonyl (C=O) groups excluding carboxylic acids is 1. The summed E-state index contributed by atoms with van der Waals surface area (Å²) in [4.78, 5) is 12.2. The van der Waals surface area contributed by atoms with Crippen molar-refractivity contribution in [1.82, 2.24) is 0 Å². The lowest BCUT2D eigenvalue weighted by atomic mass is 10.0. The fourth-order valence-electron chi connectivity index (χ4n) is 3.27. The van der Waals surface area contributed by atoms with Gasteiger partial charge in [0.15, 0.2) is 0 Å². The standard InChI is InChI=1S/C26H28ClNO3/c1-26(2,3)31-24(29)15-20-9-4-5-13-23(20)30-17-18-8-6-10-19(14-18)22-12-7-11-21(16-28)25(22)27/h4-14H,15-17,28H2,1-3H3. The zero-order chi connectivity index (χ0) is 22.4. The Morgan fingerprint density at radius 1 is 0.968 bits per heavy atom. The van der Waals surface area contributed by atoms with Gasteiger partial charge in [-0.25, -0.2) is 0 Å². The first-order valence-corrected chi connectivity index (χ1v) is 10.6. The third-order valence-corrected chi connectivity index (χ3v) is 5.10. The van der Waals surface area contributed by atoms with E-state index >= 15 is 0 Å². The molecule has 0 amide bonds. The van der Waals surface area contributed by atoms with E-state index in [1.807, 2.05) is 81.4 Å². The van der Waals surface area contributed by atoms with E-state index in [1.54, 1.807) is 0 Å². The maximum atomic E-state index is 12.2. The van der Waals surface area contributed by atoms with Crippen LogP contribution in [0, 0.1) is 0 Å². The molecule has 5 heteroatoms. The average molecular weight is 438 g/mol. The molecule has 0 unspecified atom stereocenters. The van der Waals surface area contributed by atoms with E-state index in [0.29, 0.717) is 23.9 Å². The minimum Gasteiger partial charge on any atom is -0.489 e. The summed E-state index contributed by atoms with van der Waals surface area (Å²) in [5, 5.41) is 0.672. The molecule has 0 aliphatic carbocycles. The van der Waals surface area contributed by atoms with Crippen LogP contribution in [-0.2, 0) is 29.1 Å². The number of benzene rings is 3. The molecule has 0 aliphatic rings. The van der Waals surface area contributed by atoms with Crippen molar-refractivity contribution in [2.24, 2.45) is 5.73 Å². The number of hydrogen-bond donors (Lipinski definition) is 1. The van der Waals surface area contributed by atoms with Gasteiger partial charge in [0.05, 0.1) is 11.4 Å². The highest BCUT2D eigenvalue weighted by atomic mass is 35.5. The summed E-state index contributed by atoms with van der Waals surface area (Å²) >= 11 is 6.53. The normalized spacial score (nSPS) is 11.3. The van der Waals surface area contributed by atoms with Crippen LogP contribution in [0.5, 0.6) is 5.75 Å². The SMILES string of the molecule is CC(C)(C)OC(=O)Cc1ccccc1OCc1cccc(-c2cccc(CN)c2Cl)c1. The number of hydrogen-bond acceptors (Lipinski definition) is 4. The summed E-state index contributed by atoms with van der Waals surface area (Å²) in [5.41, 5.74) is 9.92. The number of esters is 1. The largest absolute Gasteiger partial charge is 0.489 e. The van der Waals surface area contributed by atoms with Crippen molar-refractivity contribution in [3.63, 3.8) is 0 Å². The number of ether oxygens (including phenoxy) is 2.